The molecule has 0 aliphatic heterocycles. The minimum absolute atomic E-state index is 0.0338. The Labute approximate surface area is 111 Å². The van der Waals surface area contributed by atoms with Gasteiger partial charge in [0.2, 0.25) is 5.91 Å². The number of nitrogens with zero attached hydrogens (tertiary/aromatic N) is 1. The maximum absolute atomic E-state index is 11.3. The Morgan fingerprint density at radius 2 is 1.47 bits per heavy atom. The third-order valence-electron chi connectivity index (χ3n) is 2.20. The van der Waals surface area contributed by atoms with Crippen molar-refractivity contribution in [3.8, 4) is 0 Å². The van der Waals surface area contributed by atoms with Crippen LogP contribution < -0.4 is 5.73 Å². The Morgan fingerprint density at radius 1 is 1.11 bits per heavy atom. The number of nitrogens with two attached hydrogens (primary N) is 1. The molecule has 11 heteroatoms. The van der Waals surface area contributed by atoms with Gasteiger partial charge in [0.1, 0.15) is 12.6 Å². The van der Waals surface area contributed by atoms with E-state index in [1.165, 1.54) is 0 Å². The minimum atomic E-state index is -4.57. The Kier molecular flexibility index (Phi) is 6.85. The summed E-state index contributed by atoms with van der Waals surface area (Å²) in [5, 5.41) is 0. The molecule has 0 aliphatic carbocycles. The van der Waals surface area contributed by atoms with Crippen LogP contribution in [0.4, 0.5) is 0 Å². The number of rotatable bonds is 8. The van der Waals surface area contributed by atoms with E-state index in [1.54, 1.807) is 13.8 Å². The van der Waals surface area contributed by atoms with Crippen LogP contribution in [0.1, 0.15) is 20.3 Å². The Balaban J connectivity index is 5.21. The maximum atomic E-state index is 11.3. The minimum Gasteiger partial charge on any atom is -0.368 e. The maximum Gasteiger partial charge on any atom is 0.339 e. The molecule has 1 amide bonds. The van der Waals surface area contributed by atoms with Crippen molar-refractivity contribution in [1.82, 2.24) is 4.90 Å². The van der Waals surface area contributed by atoms with Gasteiger partial charge in [0, 0.05) is 0 Å². The van der Waals surface area contributed by atoms with Gasteiger partial charge in [0.25, 0.3) is 0 Å². The molecule has 0 rings (SSSR count). The Bertz CT molecular complexity index is 378. The molecule has 0 aromatic carbocycles. The first kappa shape index (κ1) is 18.7. The Morgan fingerprint density at radius 3 is 1.68 bits per heavy atom. The SMILES string of the molecule is CC(C)CC(C(N)=O)N(CP(=O)(O)O)CP(=O)(O)O. The summed E-state index contributed by atoms with van der Waals surface area (Å²) in [6.45, 7) is 3.51. The number of hydrogen-bond acceptors (Lipinski definition) is 4. The van der Waals surface area contributed by atoms with Crippen molar-refractivity contribution in [2.45, 2.75) is 26.3 Å². The third-order valence-corrected chi connectivity index (χ3v) is 3.66. The fraction of sp³-hybridized carbons (Fsp3) is 0.875. The molecule has 0 aromatic rings. The summed E-state index contributed by atoms with van der Waals surface area (Å²) in [6.07, 6.45) is -1.72. The number of carbonyl (C=O) groups is 1. The molecular weight excluding hydrogens is 298 g/mol. The molecule has 1 atom stereocenters. The second-order valence-electron chi connectivity index (χ2n) is 4.75. The van der Waals surface area contributed by atoms with Gasteiger partial charge in [0.15, 0.2) is 0 Å². The van der Waals surface area contributed by atoms with Gasteiger partial charge in [-0.05, 0) is 12.3 Å². The molecule has 0 saturated heterocycles. The molecule has 9 nitrogen and oxygen atoms in total. The fourth-order valence-corrected chi connectivity index (χ4v) is 3.31. The predicted octanol–water partition coefficient (Wildman–Crippen LogP) is -0.541. The lowest BCUT2D eigenvalue weighted by molar-refractivity contribution is -0.123. The van der Waals surface area contributed by atoms with Crippen LogP contribution in [0.25, 0.3) is 0 Å². The van der Waals surface area contributed by atoms with Crippen LogP contribution in [0.15, 0.2) is 0 Å². The lowest BCUT2D eigenvalue weighted by Gasteiger charge is -2.30. The average molecular weight is 318 g/mol. The standard InChI is InChI=1S/C8H20N2O7P2/c1-6(2)3-7(8(9)11)10(4-18(12,13)14)5-19(15,16)17/h6-7H,3-5H2,1-2H3,(H2,9,11)(H2,12,13,14)(H2,15,16,17). The van der Waals surface area contributed by atoms with E-state index >= 15 is 0 Å². The number of amides is 1. The smallest absolute Gasteiger partial charge is 0.339 e. The van der Waals surface area contributed by atoms with Gasteiger partial charge in [-0.15, -0.1) is 0 Å². The largest absolute Gasteiger partial charge is 0.368 e. The lowest BCUT2D eigenvalue weighted by atomic mass is 10.0. The van der Waals surface area contributed by atoms with E-state index in [2.05, 4.69) is 0 Å². The van der Waals surface area contributed by atoms with Crippen LogP contribution in [0.5, 0.6) is 0 Å². The molecule has 6 N–H and O–H groups in total. The van der Waals surface area contributed by atoms with Crippen molar-refractivity contribution in [3.63, 3.8) is 0 Å². The molecule has 0 radical (unpaired) electrons. The summed E-state index contributed by atoms with van der Waals surface area (Å²) in [4.78, 5) is 47.7. The average Bonchev–Trinajstić information content (AvgIpc) is 2.07. The highest BCUT2D eigenvalue weighted by Crippen LogP contribution is 2.42. The molecule has 0 aromatic heterocycles. The second-order valence-corrected chi connectivity index (χ2v) is 7.97. The molecule has 19 heavy (non-hydrogen) atoms. The molecule has 0 spiro atoms. The normalized spacial score (nSPS) is 14.9. The van der Waals surface area contributed by atoms with Crippen LogP contribution in [-0.4, -0.2) is 49.0 Å². The molecule has 0 saturated carbocycles. The van der Waals surface area contributed by atoms with Crippen LogP contribution in [0, 0.1) is 5.92 Å². The summed E-state index contributed by atoms with van der Waals surface area (Å²) in [7, 11) is -9.14. The van der Waals surface area contributed by atoms with Gasteiger partial charge in [-0.1, -0.05) is 13.8 Å². The highest BCUT2D eigenvalue weighted by molar-refractivity contribution is 7.52. The lowest BCUT2D eigenvalue weighted by Crippen LogP contribution is -2.46. The number of carbonyl (C=O) groups excluding carboxylic acids is 1. The van der Waals surface area contributed by atoms with E-state index < -0.39 is 39.7 Å². The monoisotopic (exact) mass is 318 g/mol. The van der Waals surface area contributed by atoms with Crippen molar-refractivity contribution in [3.05, 3.63) is 0 Å². The topological polar surface area (TPSA) is 161 Å². The van der Waals surface area contributed by atoms with E-state index in [0.717, 1.165) is 4.90 Å². The zero-order chi connectivity index (χ0) is 15.4. The van der Waals surface area contributed by atoms with Crippen LogP contribution >= 0.6 is 15.2 Å². The summed E-state index contributed by atoms with van der Waals surface area (Å²) in [5.74, 6) is -0.913. The van der Waals surface area contributed by atoms with E-state index in [4.69, 9.17) is 25.3 Å². The van der Waals surface area contributed by atoms with Gasteiger partial charge in [-0.3, -0.25) is 18.8 Å². The molecule has 0 heterocycles. The van der Waals surface area contributed by atoms with Crippen molar-refractivity contribution >= 4 is 21.1 Å². The quantitative estimate of drug-likeness (QED) is 0.373. The van der Waals surface area contributed by atoms with Crippen LogP contribution in [-0.2, 0) is 13.9 Å². The Hall–Kier alpha value is -0.270. The molecule has 0 fully saturated rings. The number of hydrogen-bond donors (Lipinski definition) is 5. The van der Waals surface area contributed by atoms with Gasteiger partial charge in [-0.2, -0.15) is 0 Å². The summed E-state index contributed by atoms with van der Waals surface area (Å²) in [6, 6.07) is -1.14. The van der Waals surface area contributed by atoms with E-state index in [9.17, 15) is 13.9 Å². The van der Waals surface area contributed by atoms with Gasteiger partial charge in [0.05, 0.1) is 6.04 Å². The molecular formula is C8H20N2O7P2. The molecule has 0 bridgehead atoms. The van der Waals surface area contributed by atoms with Gasteiger partial charge >= 0.3 is 15.2 Å². The first-order valence-corrected chi connectivity index (χ1v) is 9.04. The van der Waals surface area contributed by atoms with E-state index in [-0.39, 0.29) is 12.3 Å². The van der Waals surface area contributed by atoms with Crippen molar-refractivity contribution in [2.24, 2.45) is 11.7 Å². The molecule has 0 aliphatic rings. The molecule has 1 unspecified atom stereocenters. The van der Waals surface area contributed by atoms with Gasteiger partial charge in [-0.25, -0.2) is 0 Å². The zero-order valence-electron chi connectivity index (χ0n) is 10.7. The van der Waals surface area contributed by atoms with Crippen LogP contribution in [0.3, 0.4) is 0 Å². The van der Waals surface area contributed by atoms with Crippen LogP contribution in [0.2, 0.25) is 0 Å². The first-order chi connectivity index (χ1) is 8.32. The summed E-state index contributed by atoms with van der Waals surface area (Å²) >= 11 is 0. The predicted molar refractivity (Wildman–Crippen MR) is 68.1 cm³/mol. The number of primary amides is 1. The first-order valence-electron chi connectivity index (χ1n) is 5.44. The fourth-order valence-electron chi connectivity index (χ4n) is 1.61. The summed E-state index contributed by atoms with van der Waals surface area (Å²) in [5.41, 5.74) is 5.14. The highest BCUT2D eigenvalue weighted by Gasteiger charge is 2.34. The van der Waals surface area contributed by atoms with E-state index in [1.807, 2.05) is 0 Å². The van der Waals surface area contributed by atoms with Gasteiger partial charge < -0.3 is 25.3 Å². The van der Waals surface area contributed by atoms with Crippen molar-refractivity contribution in [2.75, 3.05) is 12.6 Å². The highest BCUT2D eigenvalue weighted by atomic mass is 31.2. The zero-order valence-corrected chi connectivity index (χ0v) is 12.5. The van der Waals surface area contributed by atoms with E-state index in [0.29, 0.717) is 0 Å². The van der Waals surface area contributed by atoms with Crippen molar-refractivity contribution in [1.29, 1.82) is 0 Å². The second kappa shape index (κ2) is 6.95. The van der Waals surface area contributed by atoms with Crippen molar-refractivity contribution < 1.29 is 33.5 Å². The summed E-state index contributed by atoms with van der Waals surface area (Å²) < 4.78 is 22.0. The third kappa shape index (κ3) is 9.29. The molecule has 114 valence electrons.